The lowest BCUT2D eigenvalue weighted by Gasteiger charge is -2.11. The molecule has 0 atom stereocenters. The Morgan fingerprint density at radius 1 is 1.21 bits per heavy atom. The number of anilines is 1. The molecule has 5 heteroatoms. The Hall–Kier alpha value is -1.19. The molecule has 3 nitrogen and oxygen atoms in total. The van der Waals surface area contributed by atoms with Crippen LogP contribution in [0.15, 0.2) is 22.7 Å². The molecule has 0 saturated carbocycles. The molecule has 2 aromatic rings. The van der Waals surface area contributed by atoms with Gasteiger partial charge in [-0.05, 0) is 37.5 Å². The van der Waals surface area contributed by atoms with Crippen molar-refractivity contribution in [2.75, 3.05) is 5.32 Å². The van der Waals surface area contributed by atoms with Gasteiger partial charge in [-0.1, -0.05) is 28.4 Å². The number of rotatable bonds is 3. The van der Waals surface area contributed by atoms with Crippen LogP contribution in [0.25, 0.3) is 0 Å². The van der Waals surface area contributed by atoms with Crippen molar-refractivity contribution in [1.82, 2.24) is 5.16 Å². The van der Waals surface area contributed by atoms with Gasteiger partial charge >= 0.3 is 0 Å². The summed E-state index contributed by atoms with van der Waals surface area (Å²) in [5, 5.41) is 8.73. The average Bonchev–Trinajstić information content (AvgIpc) is 2.83. The number of aromatic nitrogens is 1. The number of hydrogen-bond acceptors (Lipinski definition) is 3. The topological polar surface area (TPSA) is 38.1 Å². The highest BCUT2D eigenvalue weighted by atomic mass is 35.5. The molecule has 0 fully saturated rings. The highest BCUT2D eigenvalue weighted by molar-refractivity contribution is 6.35. The predicted molar refractivity (Wildman–Crippen MR) is 76.9 cm³/mol. The monoisotopic (exact) mass is 296 g/mol. The first kappa shape index (κ1) is 12.8. The fourth-order valence-corrected chi connectivity index (χ4v) is 2.76. The zero-order valence-electron chi connectivity index (χ0n) is 10.4. The van der Waals surface area contributed by atoms with E-state index in [1.807, 2.05) is 6.07 Å². The SMILES string of the molecule is Clc1ccc(Cl)c(NCc2noc3c2CCCC3)c1. The summed E-state index contributed by atoms with van der Waals surface area (Å²) in [6.45, 7) is 0.610. The van der Waals surface area contributed by atoms with Crippen molar-refractivity contribution in [1.29, 1.82) is 0 Å². The summed E-state index contributed by atoms with van der Waals surface area (Å²) in [4.78, 5) is 0. The van der Waals surface area contributed by atoms with Crippen LogP contribution >= 0.6 is 23.2 Å². The van der Waals surface area contributed by atoms with Crippen LogP contribution in [0.4, 0.5) is 5.69 Å². The van der Waals surface area contributed by atoms with Gasteiger partial charge in [0.05, 0.1) is 17.3 Å². The maximum atomic E-state index is 6.11. The number of nitrogens with zero attached hydrogens (tertiary/aromatic N) is 1. The van der Waals surface area contributed by atoms with Crippen molar-refractivity contribution in [3.63, 3.8) is 0 Å². The molecule has 0 spiro atoms. The van der Waals surface area contributed by atoms with Gasteiger partial charge in [0.15, 0.2) is 0 Å². The van der Waals surface area contributed by atoms with E-state index in [1.54, 1.807) is 12.1 Å². The summed E-state index contributed by atoms with van der Waals surface area (Å²) in [6, 6.07) is 5.37. The van der Waals surface area contributed by atoms with Gasteiger partial charge in [-0.15, -0.1) is 0 Å². The molecule has 100 valence electrons. The Morgan fingerprint density at radius 3 is 2.95 bits per heavy atom. The number of aryl methyl sites for hydroxylation is 1. The van der Waals surface area contributed by atoms with Crippen molar-refractivity contribution >= 4 is 28.9 Å². The zero-order chi connectivity index (χ0) is 13.2. The van der Waals surface area contributed by atoms with Gasteiger partial charge in [-0.3, -0.25) is 0 Å². The molecule has 1 N–H and O–H groups in total. The molecular formula is C14H14Cl2N2O. The third-order valence-electron chi connectivity index (χ3n) is 3.41. The lowest BCUT2D eigenvalue weighted by atomic mass is 9.96. The largest absolute Gasteiger partial charge is 0.378 e. The van der Waals surface area contributed by atoms with Gasteiger partial charge in [-0.2, -0.15) is 0 Å². The number of fused-ring (bicyclic) bond motifs is 1. The van der Waals surface area contributed by atoms with Crippen molar-refractivity contribution in [3.05, 3.63) is 45.3 Å². The highest BCUT2D eigenvalue weighted by Gasteiger charge is 2.19. The predicted octanol–water partition coefficient (Wildman–Crippen LogP) is 4.47. The Bertz CT molecular complexity index is 595. The Labute approximate surface area is 121 Å². The molecule has 0 unspecified atom stereocenters. The van der Waals surface area contributed by atoms with Crippen LogP contribution in [0, 0.1) is 0 Å². The molecule has 1 aliphatic carbocycles. The fraction of sp³-hybridized carbons (Fsp3) is 0.357. The van der Waals surface area contributed by atoms with E-state index in [4.69, 9.17) is 27.7 Å². The van der Waals surface area contributed by atoms with Crippen LogP contribution < -0.4 is 5.32 Å². The van der Waals surface area contributed by atoms with Gasteiger partial charge in [0.25, 0.3) is 0 Å². The van der Waals surface area contributed by atoms with E-state index in [9.17, 15) is 0 Å². The Kier molecular flexibility index (Phi) is 3.67. The van der Waals surface area contributed by atoms with E-state index >= 15 is 0 Å². The van der Waals surface area contributed by atoms with Gasteiger partial charge in [-0.25, -0.2) is 0 Å². The minimum absolute atomic E-state index is 0.610. The molecule has 0 saturated heterocycles. The summed E-state index contributed by atoms with van der Waals surface area (Å²) in [5.74, 6) is 1.04. The first-order valence-electron chi connectivity index (χ1n) is 6.39. The van der Waals surface area contributed by atoms with Gasteiger partial charge < -0.3 is 9.84 Å². The molecule has 1 aliphatic rings. The van der Waals surface area contributed by atoms with Gasteiger partial charge in [0, 0.05) is 17.0 Å². The van der Waals surface area contributed by atoms with E-state index in [0.717, 1.165) is 30.0 Å². The normalized spacial score (nSPS) is 14.2. The molecule has 0 radical (unpaired) electrons. The highest BCUT2D eigenvalue weighted by Crippen LogP contribution is 2.28. The van der Waals surface area contributed by atoms with Gasteiger partial charge in [0.1, 0.15) is 11.5 Å². The summed E-state index contributed by atoms with van der Waals surface area (Å²) < 4.78 is 5.38. The first-order valence-corrected chi connectivity index (χ1v) is 7.15. The second-order valence-electron chi connectivity index (χ2n) is 4.72. The fourth-order valence-electron chi connectivity index (χ4n) is 2.40. The lowest BCUT2D eigenvalue weighted by Crippen LogP contribution is -2.06. The third kappa shape index (κ3) is 2.72. The number of nitrogens with one attached hydrogen (secondary N) is 1. The summed E-state index contributed by atoms with van der Waals surface area (Å²) in [7, 11) is 0. The summed E-state index contributed by atoms with van der Waals surface area (Å²) in [5.41, 5.74) is 3.06. The maximum Gasteiger partial charge on any atom is 0.140 e. The lowest BCUT2D eigenvalue weighted by molar-refractivity contribution is 0.368. The van der Waals surface area contributed by atoms with Crippen LogP contribution in [0.1, 0.15) is 29.9 Å². The molecular weight excluding hydrogens is 283 g/mol. The van der Waals surface area contributed by atoms with Crippen molar-refractivity contribution in [2.45, 2.75) is 32.2 Å². The number of halogens is 2. The summed E-state index contributed by atoms with van der Waals surface area (Å²) >= 11 is 12.1. The second-order valence-corrected chi connectivity index (χ2v) is 5.56. The molecule has 0 amide bonds. The van der Waals surface area contributed by atoms with E-state index in [-0.39, 0.29) is 0 Å². The van der Waals surface area contributed by atoms with Crippen molar-refractivity contribution < 1.29 is 4.52 Å². The number of benzene rings is 1. The summed E-state index contributed by atoms with van der Waals surface area (Å²) in [6.07, 6.45) is 4.45. The van der Waals surface area contributed by atoms with Crippen LogP contribution in [-0.2, 0) is 19.4 Å². The van der Waals surface area contributed by atoms with Crippen LogP contribution in [0.3, 0.4) is 0 Å². The standard InChI is InChI=1S/C14H14Cl2N2O/c15-9-5-6-11(16)12(7-9)17-8-13-10-3-1-2-4-14(10)19-18-13/h5-7,17H,1-4,8H2. The Balaban J connectivity index is 1.75. The molecule has 19 heavy (non-hydrogen) atoms. The van der Waals surface area contributed by atoms with Crippen molar-refractivity contribution in [2.24, 2.45) is 0 Å². The van der Waals surface area contributed by atoms with E-state index < -0.39 is 0 Å². The van der Waals surface area contributed by atoms with Crippen molar-refractivity contribution in [3.8, 4) is 0 Å². The minimum Gasteiger partial charge on any atom is -0.378 e. The van der Waals surface area contributed by atoms with Crippen LogP contribution in [0.2, 0.25) is 10.0 Å². The molecule has 0 bridgehead atoms. The zero-order valence-corrected chi connectivity index (χ0v) is 11.9. The van der Waals surface area contributed by atoms with E-state index in [1.165, 1.54) is 18.4 Å². The van der Waals surface area contributed by atoms with Gasteiger partial charge in [0.2, 0.25) is 0 Å². The minimum atomic E-state index is 0.610. The molecule has 3 rings (SSSR count). The second kappa shape index (κ2) is 5.43. The smallest absolute Gasteiger partial charge is 0.140 e. The van der Waals surface area contributed by atoms with Crippen LogP contribution in [0.5, 0.6) is 0 Å². The Morgan fingerprint density at radius 2 is 2.05 bits per heavy atom. The van der Waals surface area contributed by atoms with E-state index in [0.29, 0.717) is 16.6 Å². The quantitative estimate of drug-likeness (QED) is 0.908. The molecule has 1 aromatic carbocycles. The third-order valence-corrected chi connectivity index (χ3v) is 3.97. The average molecular weight is 297 g/mol. The van der Waals surface area contributed by atoms with Crippen LogP contribution in [-0.4, -0.2) is 5.16 Å². The number of hydrogen-bond donors (Lipinski definition) is 1. The molecule has 0 aliphatic heterocycles. The van der Waals surface area contributed by atoms with E-state index in [2.05, 4.69) is 10.5 Å². The first-order chi connectivity index (χ1) is 9.24. The molecule has 1 aromatic heterocycles. The maximum absolute atomic E-state index is 6.11. The molecule has 1 heterocycles.